The van der Waals surface area contributed by atoms with Gasteiger partial charge in [0, 0.05) is 16.6 Å². The molecule has 1 spiro atoms. The van der Waals surface area contributed by atoms with Gasteiger partial charge in [0.15, 0.2) is 0 Å². The molecule has 116 valence electrons. The first kappa shape index (κ1) is 15.5. The molecule has 1 aromatic rings. The maximum Gasteiger partial charge on any atom is 0.0686 e. The summed E-state index contributed by atoms with van der Waals surface area (Å²) in [6.07, 6.45) is 8.63. The van der Waals surface area contributed by atoms with Crippen LogP contribution in [0.3, 0.4) is 0 Å². The van der Waals surface area contributed by atoms with E-state index in [2.05, 4.69) is 47.1 Å². The largest absolute Gasteiger partial charge is 0.375 e. The zero-order chi connectivity index (χ0) is 14.9. The number of hydrogen-bond acceptors (Lipinski definition) is 2. The second-order valence-electron chi connectivity index (χ2n) is 7.07. The number of hydrogen-bond donors (Lipinski definition) is 1. The Kier molecular flexibility index (Phi) is 4.45. The van der Waals surface area contributed by atoms with Crippen LogP contribution in [0.2, 0.25) is 0 Å². The summed E-state index contributed by atoms with van der Waals surface area (Å²) in [7, 11) is 0. The van der Waals surface area contributed by atoms with Gasteiger partial charge in [0.1, 0.15) is 0 Å². The second kappa shape index (κ2) is 6.02. The SMILES string of the molecule is CC(N)(c1ccc(Br)cc1)C1CCOC2(CCCCC2)C1. The van der Waals surface area contributed by atoms with Crippen molar-refractivity contribution in [1.29, 1.82) is 0 Å². The van der Waals surface area contributed by atoms with E-state index in [9.17, 15) is 0 Å². The van der Waals surface area contributed by atoms with Crippen molar-refractivity contribution >= 4 is 15.9 Å². The van der Waals surface area contributed by atoms with Crippen LogP contribution < -0.4 is 5.73 Å². The second-order valence-corrected chi connectivity index (χ2v) is 7.99. The summed E-state index contributed by atoms with van der Waals surface area (Å²) in [5.41, 5.74) is 7.87. The summed E-state index contributed by atoms with van der Waals surface area (Å²) >= 11 is 3.50. The van der Waals surface area contributed by atoms with Crippen molar-refractivity contribution in [2.45, 2.75) is 63.0 Å². The van der Waals surface area contributed by atoms with Gasteiger partial charge < -0.3 is 10.5 Å². The van der Waals surface area contributed by atoms with Crippen LogP contribution in [0, 0.1) is 5.92 Å². The quantitative estimate of drug-likeness (QED) is 0.833. The maximum absolute atomic E-state index is 6.78. The molecule has 0 amide bonds. The molecular weight excluding hydrogens is 326 g/mol. The maximum atomic E-state index is 6.78. The lowest BCUT2D eigenvalue weighted by Crippen LogP contribution is -2.50. The average molecular weight is 352 g/mol. The van der Waals surface area contributed by atoms with E-state index in [0.29, 0.717) is 5.92 Å². The van der Waals surface area contributed by atoms with Crippen LogP contribution in [0.1, 0.15) is 57.4 Å². The molecule has 2 aliphatic rings. The van der Waals surface area contributed by atoms with E-state index in [1.807, 2.05) is 0 Å². The minimum atomic E-state index is -0.269. The summed E-state index contributed by atoms with van der Waals surface area (Å²) in [5.74, 6) is 0.505. The minimum Gasteiger partial charge on any atom is -0.375 e. The lowest BCUT2D eigenvalue weighted by Gasteiger charge is -2.48. The Hall–Kier alpha value is -0.380. The molecule has 1 aromatic carbocycles. The van der Waals surface area contributed by atoms with E-state index in [1.54, 1.807) is 0 Å². The van der Waals surface area contributed by atoms with Gasteiger partial charge in [0.05, 0.1) is 5.60 Å². The summed E-state index contributed by atoms with van der Waals surface area (Å²) in [5, 5.41) is 0. The van der Waals surface area contributed by atoms with E-state index in [-0.39, 0.29) is 11.1 Å². The molecule has 1 aliphatic carbocycles. The molecule has 0 bridgehead atoms. The molecule has 1 aliphatic heterocycles. The van der Waals surface area contributed by atoms with Crippen LogP contribution in [-0.4, -0.2) is 12.2 Å². The van der Waals surface area contributed by atoms with Gasteiger partial charge in [-0.05, 0) is 56.2 Å². The lowest BCUT2D eigenvalue weighted by molar-refractivity contribution is -0.127. The first-order chi connectivity index (χ1) is 10.0. The predicted molar refractivity (Wildman–Crippen MR) is 90.2 cm³/mol. The van der Waals surface area contributed by atoms with Crippen LogP contribution in [0.15, 0.2) is 28.7 Å². The van der Waals surface area contributed by atoms with Gasteiger partial charge in [-0.1, -0.05) is 47.3 Å². The van der Waals surface area contributed by atoms with Crippen molar-refractivity contribution in [3.05, 3.63) is 34.3 Å². The first-order valence-corrected chi connectivity index (χ1v) is 9.00. The Balaban J connectivity index is 1.79. The zero-order valence-electron chi connectivity index (χ0n) is 12.9. The van der Waals surface area contributed by atoms with Gasteiger partial charge in [-0.3, -0.25) is 0 Å². The lowest BCUT2D eigenvalue weighted by atomic mass is 9.68. The molecule has 1 saturated heterocycles. The highest BCUT2D eigenvalue weighted by Gasteiger charge is 2.44. The number of rotatable bonds is 2. The molecule has 3 heteroatoms. The zero-order valence-corrected chi connectivity index (χ0v) is 14.5. The van der Waals surface area contributed by atoms with E-state index < -0.39 is 0 Å². The van der Waals surface area contributed by atoms with Crippen molar-refractivity contribution in [3.63, 3.8) is 0 Å². The van der Waals surface area contributed by atoms with Crippen molar-refractivity contribution in [3.8, 4) is 0 Å². The van der Waals surface area contributed by atoms with Gasteiger partial charge in [0.25, 0.3) is 0 Å². The number of ether oxygens (including phenoxy) is 1. The van der Waals surface area contributed by atoms with Crippen LogP contribution in [0.4, 0.5) is 0 Å². The fraction of sp³-hybridized carbons (Fsp3) is 0.667. The first-order valence-electron chi connectivity index (χ1n) is 8.21. The smallest absolute Gasteiger partial charge is 0.0686 e. The van der Waals surface area contributed by atoms with Crippen molar-refractivity contribution < 1.29 is 4.74 Å². The highest BCUT2D eigenvalue weighted by Crippen LogP contribution is 2.45. The average Bonchev–Trinajstić information content (AvgIpc) is 2.48. The highest BCUT2D eigenvalue weighted by atomic mass is 79.9. The molecule has 2 fully saturated rings. The number of nitrogens with two attached hydrogens (primary N) is 1. The summed E-state index contributed by atoms with van der Waals surface area (Å²) in [6, 6.07) is 8.51. The van der Waals surface area contributed by atoms with Gasteiger partial charge in [-0.25, -0.2) is 0 Å². The molecule has 2 N–H and O–H groups in total. The fourth-order valence-electron chi connectivity index (χ4n) is 4.13. The third-order valence-corrected chi connectivity index (χ3v) is 6.10. The monoisotopic (exact) mass is 351 g/mol. The molecule has 21 heavy (non-hydrogen) atoms. The number of benzene rings is 1. The van der Waals surface area contributed by atoms with Crippen LogP contribution in [0.25, 0.3) is 0 Å². The van der Waals surface area contributed by atoms with Gasteiger partial charge >= 0.3 is 0 Å². The Morgan fingerprint density at radius 3 is 2.52 bits per heavy atom. The summed E-state index contributed by atoms with van der Waals surface area (Å²) in [4.78, 5) is 0. The number of halogens is 1. The van der Waals surface area contributed by atoms with Gasteiger partial charge in [0.2, 0.25) is 0 Å². The molecule has 2 unspecified atom stereocenters. The molecule has 3 rings (SSSR count). The molecule has 1 saturated carbocycles. The van der Waals surface area contributed by atoms with Crippen LogP contribution >= 0.6 is 15.9 Å². The molecule has 2 atom stereocenters. The third kappa shape index (κ3) is 3.20. The molecule has 1 heterocycles. The predicted octanol–water partition coefficient (Wildman–Crippen LogP) is 4.75. The Bertz CT molecular complexity index is 471. The Morgan fingerprint density at radius 2 is 1.86 bits per heavy atom. The molecule has 0 radical (unpaired) electrons. The summed E-state index contributed by atoms with van der Waals surface area (Å²) < 4.78 is 7.33. The van der Waals surface area contributed by atoms with Crippen molar-refractivity contribution in [2.75, 3.05) is 6.61 Å². The minimum absolute atomic E-state index is 0.122. The highest BCUT2D eigenvalue weighted by molar-refractivity contribution is 9.10. The normalized spacial score (nSPS) is 28.2. The molecule has 0 aromatic heterocycles. The van der Waals surface area contributed by atoms with Crippen molar-refractivity contribution in [2.24, 2.45) is 11.7 Å². The van der Waals surface area contributed by atoms with E-state index >= 15 is 0 Å². The van der Waals surface area contributed by atoms with Crippen molar-refractivity contribution in [1.82, 2.24) is 0 Å². The van der Waals surface area contributed by atoms with Crippen LogP contribution in [-0.2, 0) is 10.3 Å². The third-order valence-electron chi connectivity index (χ3n) is 5.57. The molecular formula is C18H26BrNO. The topological polar surface area (TPSA) is 35.2 Å². The van der Waals surface area contributed by atoms with E-state index in [0.717, 1.165) is 23.9 Å². The van der Waals surface area contributed by atoms with Gasteiger partial charge in [-0.15, -0.1) is 0 Å². The fourth-order valence-corrected chi connectivity index (χ4v) is 4.39. The van der Waals surface area contributed by atoms with Gasteiger partial charge in [-0.2, -0.15) is 0 Å². The van der Waals surface area contributed by atoms with E-state index in [1.165, 1.54) is 37.7 Å². The van der Waals surface area contributed by atoms with E-state index in [4.69, 9.17) is 10.5 Å². The Labute approximate surface area is 136 Å². The summed E-state index contributed by atoms with van der Waals surface area (Å²) in [6.45, 7) is 3.07. The standard InChI is InChI=1S/C18H26BrNO/c1-17(20,14-5-7-16(19)8-6-14)15-9-12-21-18(13-15)10-3-2-4-11-18/h5-8,15H,2-4,9-13,20H2,1H3. The van der Waals surface area contributed by atoms with Crippen LogP contribution in [0.5, 0.6) is 0 Å². The Morgan fingerprint density at radius 1 is 1.19 bits per heavy atom. The molecule has 2 nitrogen and oxygen atoms in total.